The molecule has 0 aromatic rings. The Morgan fingerprint density at radius 1 is 0.250 bits per heavy atom. The zero-order valence-corrected chi connectivity index (χ0v) is 56.3. The fraction of sp³-hybridized carbons (Fsp3) is 0.914. The lowest BCUT2D eigenvalue weighted by atomic mass is 9.94. The summed E-state index contributed by atoms with van der Waals surface area (Å²) in [6, 6.07) is -8.77. The molecule has 0 bridgehead atoms. The van der Waals surface area contributed by atoms with E-state index in [1.54, 1.807) is 0 Å². The quantitative estimate of drug-likeness (QED) is 0.0363. The number of rotatable bonds is 27. The Morgan fingerprint density at radius 3 is 0.933 bits per heavy atom. The molecule has 8 aliphatic rings. The molecule has 26 N–H and O–H groups in total. The van der Waals surface area contributed by atoms with Crippen LogP contribution in [0.5, 0.6) is 0 Å². The highest BCUT2D eigenvalue weighted by molar-refractivity contribution is 5.75. The van der Waals surface area contributed by atoms with Crippen LogP contribution in [-0.2, 0) is 95.0 Å². The molecule has 0 aromatic heterocycles. The molecule has 0 spiro atoms. The third-order valence-electron chi connectivity index (χ3n) is 18.6. The van der Waals surface area contributed by atoms with Gasteiger partial charge in [-0.05, 0) is 0 Å². The van der Waals surface area contributed by atoms with Crippen LogP contribution in [0.4, 0.5) is 0 Å². The van der Waals surface area contributed by atoms with Gasteiger partial charge in [-0.3, -0.25) is 24.0 Å². The number of hydrogen-bond acceptors (Lipinski definition) is 41. The number of nitrogens with one attached hydrogen (secondary N) is 5. The van der Waals surface area contributed by atoms with Gasteiger partial charge in [0.15, 0.2) is 50.3 Å². The first-order chi connectivity index (χ1) is 49.1. The van der Waals surface area contributed by atoms with Crippen LogP contribution in [-0.4, -0.2) is 435 Å². The van der Waals surface area contributed by atoms with E-state index in [1.807, 2.05) is 0 Å². The van der Waals surface area contributed by atoms with Crippen molar-refractivity contribution in [1.29, 1.82) is 0 Å². The van der Waals surface area contributed by atoms with Crippen molar-refractivity contribution >= 4 is 29.5 Å². The maximum absolute atomic E-state index is 12.7. The third-order valence-corrected chi connectivity index (χ3v) is 18.6. The van der Waals surface area contributed by atoms with Gasteiger partial charge < -0.3 is 205 Å². The standard InChI is InChI=1S/C58H97N5O41/c1-14(70)59-27-42(85)46(23(10-68)92-51(27)89)101-56-45(88)48(102-58-50(104-55-31(63-18(5)74)41(84)35(78)22(9-67)96-55)44(87)47(24(11-69)97-58)100-53-29(61-16(3)72)39(82)33(76)20(7-65)94-53)37(80)26(98-56)13-91-57-49(103-54-30(62-17(4)73)40(83)34(77)21(8-66)95-54)43(86)36(79)25(99-57)12-90-52-28(60-15(2)71)38(81)32(75)19(6-64)93-52/h19-58,64-69,75-89H,6-13H2,1-5H3,(H,59,70)(H,60,71)(H,61,72)(H,62,73)(H,63,74)/t19-,20-,21-,22-,23-,24-,25-,26-,27-,28-,29-,30-,31+,32-,33-,34-,35-,36-,37-,38-,39-,40-,41-,42-,43+,44+,45+,46-,47-,48+,49+,50+,51?,52-,53+,54+,55+,56+,57+,58-/m1/s1. The van der Waals surface area contributed by atoms with Crippen molar-refractivity contribution < 1.29 is 202 Å². The Hall–Kier alpha value is -4.09. The molecule has 1 unspecified atom stereocenters. The Balaban J connectivity index is 1.20. The highest BCUT2D eigenvalue weighted by atomic mass is 16.8. The summed E-state index contributed by atoms with van der Waals surface area (Å²) in [6.07, 6.45) is -72.3. The number of hydrogen-bond donors (Lipinski definition) is 26. The fourth-order valence-corrected chi connectivity index (χ4v) is 13.3. The van der Waals surface area contributed by atoms with Crippen LogP contribution in [0.25, 0.3) is 0 Å². The van der Waals surface area contributed by atoms with Crippen molar-refractivity contribution in [3.63, 3.8) is 0 Å². The molecule has 104 heavy (non-hydrogen) atoms. The van der Waals surface area contributed by atoms with E-state index in [9.17, 15) is 131 Å². The minimum absolute atomic E-state index is 0.783. The van der Waals surface area contributed by atoms with Gasteiger partial charge >= 0.3 is 0 Å². The molecule has 0 saturated carbocycles. The summed E-state index contributed by atoms with van der Waals surface area (Å²) in [6.45, 7) is -3.51. The molecular weight excluding hydrogens is 1420 g/mol. The fourth-order valence-electron chi connectivity index (χ4n) is 13.3. The molecule has 40 atom stereocenters. The first-order valence-corrected chi connectivity index (χ1v) is 33.1. The van der Waals surface area contributed by atoms with E-state index in [2.05, 4.69) is 26.6 Å². The predicted octanol–water partition coefficient (Wildman–Crippen LogP) is -17.7. The second-order valence-corrected chi connectivity index (χ2v) is 26.1. The molecule has 0 aromatic carbocycles. The predicted molar refractivity (Wildman–Crippen MR) is 322 cm³/mol. The molecular formula is C58H97N5O41. The molecule has 5 amide bonds. The van der Waals surface area contributed by atoms with Gasteiger partial charge in [-0.25, -0.2) is 0 Å². The van der Waals surface area contributed by atoms with Crippen molar-refractivity contribution in [2.24, 2.45) is 0 Å². The van der Waals surface area contributed by atoms with Crippen molar-refractivity contribution in [2.75, 3.05) is 52.9 Å². The molecule has 0 aliphatic carbocycles. The summed E-state index contributed by atoms with van der Waals surface area (Å²) in [5.74, 6) is -4.25. The van der Waals surface area contributed by atoms with Gasteiger partial charge in [0, 0.05) is 34.6 Å². The van der Waals surface area contributed by atoms with E-state index in [4.69, 9.17) is 71.1 Å². The van der Waals surface area contributed by atoms with E-state index < -0.39 is 328 Å². The van der Waals surface area contributed by atoms with Crippen LogP contribution in [0.1, 0.15) is 34.6 Å². The first kappa shape index (κ1) is 85.5. The molecule has 46 nitrogen and oxygen atoms in total. The van der Waals surface area contributed by atoms with Crippen molar-refractivity contribution in [3.8, 4) is 0 Å². The van der Waals surface area contributed by atoms with Crippen LogP contribution in [0, 0.1) is 0 Å². The average molecular weight is 1520 g/mol. The summed E-state index contributed by atoms with van der Waals surface area (Å²) in [5.41, 5.74) is 0. The van der Waals surface area contributed by atoms with Gasteiger partial charge in [-0.15, -0.1) is 0 Å². The van der Waals surface area contributed by atoms with Gasteiger partial charge in [0.05, 0.1) is 52.9 Å². The summed E-state index contributed by atoms with van der Waals surface area (Å²) >= 11 is 0. The summed E-state index contributed by atoms with van der Waals surface area (Å²) in [5, 5.41) is 246. The van der Waals surface area contributed by atoms with Crippen LogP contribution < -0.4 is 26.6 Å². The molecule has 0 radical (unpaired) electrons. The van der Waals surface area contributed by atoms with Gasteiger partial charge in [-0.2, -0.15) is 0 Å². The maximum atomic E-state index is 12.7. The van der Waals surface area contributed by atoms with E-state index in [0.717, 1.165) is 34.6 Å². The number of aliphatic hydroxyl groups is 21. The largest absolute Gasteiger partial charge is 0.394 e. The summed E-state index contributed by atoms with van der Waals surface area (Å²) in [7, 11) is 0. The number of carbonyl (C=O) groups excluding carboxylic acids is 5. The van der Waals surface area contributed by atoms with E-state index in [-0.39, 0.29) is 0 Å². The van der Waals surface area contributed by atoms with E-state index in [0.29, 0.717) is 0 Å². The lowest BCUT2D eigenvalue weighted by molar-refractivity contribution is -0.402. The van der Waals surface area contributed by atoms with Gasteiger partial charge in [0.25, 0.3) is 0 Å². The second-order valence-electron chi connectivity index (χ2n) is 26.1. The highest BCUT2D eigenvalue weighted by Crippen LogP contribution is 2.39. The Morgan fingerprint density at radius 2 is 0.529 bits per heavy atom. The number of amides is 5. The maximum Gasteiger partial charge on any atom is 0.217 e. The van der Waals surface area contributed by atoms with Crippen molar-refractivity contribution in [1.82, 2.24) is 26.6 Å². The first-order valence-electron chi connectivity index (χ1n) is 33.1. The van der Waals surface area contributed by atoms with E-state index >= 15 is 0 Å². The molecule has 8 rings (SSSR count). The smallest absolute Gasteiger partial charge is 0.217 e. The Labute approximate surface area is 589 Å². The molecule has 8 aliphatic heterocycles. The van der Waals surface area contributed by atoms with Crippen LogP contribution >= 0.6 is 0 Å². The normalized spacial score (nSPS) is 47.2. The SMILES string of the molecule is CC(=O)N[C@@H]1[C@H](O[C@@H]2[C@@H](O[C@@H]3[C@H](O)[C@H](O[C@H]4[C@H](O)[C@@H](NC(C)=O)C(O)O[C@@H]4CO)O[C@H](CO[C@H]4O[C@H](CO[C@@H]5O[C@H](CO)[C@@H](O)[C@H](O)[C@H]5NC(C)=O)[C@@H](O)[C@H](O)[C@@H]4O[C@@H]4O[C@H](CO)[C@@H](O)[C@H](O)[C@H]4NC(C)=O)[C@H]3O)O[C@H](CO)[C@@H](O[C@@H]3O[C@H](CO)[C@@H](O)[C@H](O)[C@H]3NC(C)=O)[C@@H]2O)O[C@H](CO)[C@@H](O)[C@@H]1O. The van der Waals surface area contributed by atoms with Crippen LogP contribution in [0.3, 0.4) is 0 Å². The Kier molecular flexibility index (Phi) is 30.9. The highest BCUT2D eigenvalue weighted by Gasteiger charge is 2.60. The minimum Gasteiger partial charge on any atom is -0.394 e. The zero-order chi connectivity index (χ0) is 76.8. The van der Waals surface area contributed by atoms with Crippen molar-refractivity contribution in [3.05, 3.63) is 0 Å². The van der Waals surface area contributed by atoms with Crippen LogP contribution in [0.2, 0.25) is 0 Å². The minimum atomic E-state index is -2.53. The molecule has 46 heteroatoms. The third kappa shape index (κ3) is 19.4. The number of carbonyl (C=O) groups is 5. The Bertz CT molecular complexity index is 2770. The topological polar surface area (TPSA) is 709 Å². The number of ether oxygens (including phenoxy) is 15. The molecule has 8 heterocycles. The second kappa shape index (κ2) is 37.5. The summed E-state index contributed by atoms with van der Waals surface area (Å²) in [4.78, 5) is 62.4. The lowest BCUT2D eigenvalue weighted by Crippen LogP contribution is -2.70. The molecule has 8 saturated heterocycles. The van der Waals surface area contributed by atoms with Crippen molar-refractivity contribution in [2.45, 2.75) is 280 Å². The lowest BCUT2D eigenvalue weighted by Gasteiger charge is -2.51. The monoisotopic (exact) mass is 1520 g/mol. The van der Waals surface area contributed by atoms with Gasteiger partial charge in [-0.1, -0.05) is 0 Å². The summed E-state index contributed by atoms with van der Waals surface area (Å²) < 4.78 is 89.8. The van der Waals surface area contributed by atoms with Gasteiger partial charge in [0.2, 0.25) is 29.5 Å². The molecule has 600 valence electrons. The van der Waals surface area contributed by atoms with Crippen LogP contribution in [0.15, 0.2) is 0 Å². The number of aliphatic hydroxyl groups excluding tert-OH is 21. The van der Waals surface area contributed by atoms with Gasteiger partial charge in [0.1, 0.15) is 195 Å². The zero-order valence-electron chi connectivity index (χ0n) is 56.3. The average Bonchev–Trinajstić information content (AvgIpc) is 0.766. The molecule has 8 fully saturated rings. The van der Waals surface area contributed by atoms with E-state index in [1.165, 1.54) is 0 Å².